The number of hydrogen-bond acceptors (Lipinski definition) is 2. The first kappa shape index (κ1) is 15.0. The fourth-order valence-corrected chi connectivity index (χ4v) is 3.13. The van der Waals surface area contributed by atoms with Gasteiger partial charge in [-0.2, -0.15) is 0 Å². The molecule has 0 aliphatic heterocycles. The van der Waals surface area contributed by atoms with Crippen LogP contribution in [0, 0.1) is 11.3 Å². The molecule has 1 saturated carbocycles. The molecule has 0 saturated heterocycles. The SMILES string of the molecule is CCCCC1CCC(CC(=O)O)(CC(=O)O)CC1. The maximum absolute atomic E-state index is 10.9. The van der Waals surface area contributed by atoms with Crippen molar-refractivity contribution in [1.29, 1.82) is 0 Å². The number of carbonyl (C=O) groups is 2. The van der Waals surface area contributed by atoms with Crippen LogP contribution in [0.3, 0.4) is 0 Å². The van der Waals surface area contributed by atoms with Gasteiger partial charge in [-0.3, -0.25) is 9.59 Å². The summed E-state index contributed by atoms with van der Waals surface area (Å²) in [4.78, 5) is 21.8. The van der Waals surface area contributed by atoms with Crippen LogP contribution >= 0.6 is 0 Å². The smallest absolute Gasteiger partial charge is 0.303 e. The second-order valence-corrected chi connectivity index (χ2v) is 5.73. The van der Waals surface area contributed by atoms with Gasteiger partial charge in [-0.15, -0.1) is 0 Å². The lowest BCUT2D eigenvalue weighted by Gasteiger charge is -2.38. The zero-order valence-corrected chi connectivity index (χ0v) is 11.2. The van der Waals surface area contributed by atoms with Crippen molar-refractivity contribution in [3.05, 3.63) is 0 Å². The minimum absolute atomic E-state index is 0.000201. The zero-order valence-electron chi connectivity index (χ0n) is 11.2. The first-order valence-corrected chi connectivity index (χ1v) is 6.91. The van der Waals surface area contributed by atoms with Crippen LogP contribution in [0.25, 0.3) is 0 Å². The van der Waals surface area contributed by atoms with Gasteiger partial charge in [-0.05, 0) is 37.0 Å². The fourth-order valence-electron chi connectivity index (χ4n) is 3.13. The van der Waals surface area contributed by atoms with Crippen molar-refractivity contribution in [1.82, 2.24) is 0 Å². The average molecular weight is 256 g/mol. The molecule has 4 heteroatoms. The Bertz CT molecular complexity index is 272. The van der Waals surface area contributed by atoms with Gasteiger partial charge in [0.15, 0.2) is 0 Å². The van der Waals surface area contributed by atoms with Gasteiger partial charge >= 0.3 is 11.9 Å². The lowest BCUT2D eigenvalue weighted by atomic mass is 9.66. The van der Waals surface area contributed by atoms with Gasteiger partial charge in [0.25, 0.3) is 0 Å². The van der Waals surface area contributed by atoms with Crippen LogP contribution in [0.5, 0.6) is 0 Å². The van der Waals surface area contributed by atoms with Gasteiger partial charge in [0.1, 0.15) is 0 Å². The Kier molecular flexibility index (Phi) is 5.63. The lowest BCUT2D eigenvalue weighted by molar-refractivity contribution is -0.145. The highest BCUT2D eigenvalue weighted by Gasteiger charge is 2.38. The molecule has 0 spiro atoms. The summed E-state index contributed by atoms with van der Waals surface area (Å²) < 4.78 is 0. The number of unbranched alkanes of at least 4 members (excludes halogenated alkanes) is 1. The van der Waals surface area contributed by atoms with E-state index in [2.05, 4.69) is 6.92 Å². The molecule has 0 aromatic rings. The molecular formula is C14H24O4. The number of hydrogen-bond donors (Lipinski definition) is 2. The topological polar surface area (TPSA) is 74.6 Å². The van der Waals surface area contributed by atoms with E-state index in [-0.39, 0.29) is 12.8 Å². The van der Waals surface area contributed by atoms with Crippen molar-refractivity contribution in [2.45, 2.75) is 64.7 Å². The Labute approximate surface area is 108 Å². The Hall–Kier alpha value is -1.06. The molecular weight excluding hydrogens is 232 g/mol. The maximum Gasteiger partial charge on any atom is 0.303 e. The largest absolute Gasteiger partial charge is 0.481 e. The van der Waals surface area contributed by atoms with Crippen LogP contribution in [0.4, 0.5) is 0 Å². The van der Waals surface area contributed by atoms with Crippen molar-refractivity contribution in [3.8, 4) is 0 Å². The molecule has 18 heavy (non-hydrogen) atoms. The van der Waals surface area contributed by atoms with Crippen LogP contribution in [0.1, 0.15) is 64.7 Å². The van der Waals surface area contributed by atoms with Crippen LogP contribution in [-0.4, -0.2) is 22.2 Å². The number of rotatable bonds is 7. The second kappa shape index (κ2) is 6.76. The Balaban J connectivity index is 2.55. The Morgan fingerprint density at radius 2 is 1.61 bits per heavy atom. The van der Waals surface area contributed by atoms with Gasteiger partial charge in [0.05, 0.1) is 12.8 Å². The van der Waals surface area contributed by atoms with E-state index in [0.29, 0.717) is 5.92 Å². The summed E-state index contributed by atoms with van der Waals surface area (Å²) in [6.45, 7) is 2.17. The Morgan fingerprint density at radius 3 is 2.00 bits per heavy atom. The first-order chi connectivity index (χ1) is 8.47. The first-order valence-electron chi connectivity index (χ1n) is 6.91. The van der Waals surface area contributed by atoms with E-state index >= 15 is 0 Å². The number of aliphatic carboxylic acids is 2. The third kappa shape index (κ3) is 4.67. The van der Waals surface area contributed by atoms with Crippen LogP contribution in [-0.2, 0) is 9.59 Å². The predicted molar refractivity (Wildman–Crippen MR) is 68.4 cm³/mol. The van der Waals surface area contributed by atoms with Crippen LogP contribution in [0.15, 0.2) is 0 Å². The molecule has 0 unspecified atom stereocenters. The third-order valence-corrected chi connectivity index (χ3v) is 4.18. The molecule has 104 valence electrons. The number of carboxylic acids is 2. The lowest BCUT2D eigenvalue weighted by Crippen LogP contribution is -2.32. The zero-order chi connectivity index (χ0) is 13.6. The van der Waals surface area contributed by atoms with Gasteiger partial charge in [-0.1, -0.05) is 26.2 Å². The summed E-state index contributed by atoms with van der Waals surface area (Å²) in [7, 11) is 0. The van der Waals surface area contributed by atoms with Gasteiger partial charge in [0.2, 0.25) is 0 Å². The summed E-state index contributed by atoms with van der Waals surface area (Å²) in [5.74, 6) is -1.08. The van der Waals surface area contributed by atoms with Crippen molar-refractivity contribution >= 4 is 11.9 Å². The van der Waals surface area contributed by atoms with Gasteiger partial charge in [-0.25, -0.2) is 0 Å². The standard InChI is InChI=1S/C14H24O4/c1-2-3-4-11-5-7-14(8-6-11,9-12(15)16)10-13(17)18/h11H,2-10H2,1H3,(H,15,16)(H,17,18). The highest BCUT2D eigenvalue weighted by atomic mass is 16.4. The third-order valence-electron chi connectivity index (χ3n) is 4.18. The molecule has 0 aromatic carbocycles. The molecule has 0 amide bonds. The van der Waals surface area contributed by atoms with Crippen molar-refractivity contribution in [3.63, 3.8) is 0 Å². The normalized spacial score (nSPS) is 19.6. The van der Waals surface area contributed by atoms with Crippen molar-refractivity contribution < 1.29 is 19.8 Å². The molecule has 0 atom stereocenters. The van der Waals surface area contributed by atoms with E-state index in [9.17, 15) is 9.59 Å². The minimum Gasteiger partial charge on any atom is -0.481 e. The highest BCUT2D eigenvalue weighted by Crippen LogP contribution is 2.45. The Morgan fingerprint density at radius 1 is 1.11 bits per heavy atom. The van der Waals surface area contributed by atoms with Gasteiger partial charge in [0, 0.05) is 0 Å². The molecule has 0 bridgehead atoms. The van der Waals surface area contributed by atoms with Crippen LogP contribution < -0.4 is 0 Å². The van der Waals surface area contributed by atoms with E-state index in [0.717, 1.165) is 25.7 Å². The molecule has 0 radical (unpaired) electrons. The fraction of sp³-hybridized carbons (Fsp3) is 0.857. The molecule has 2 N–H and O–H groups in total. The van der Waals surface area contributed by atoms with Crippen molar-refractivity contribution in [2.24, 2.45) is 11.3 Å². The highest BCUT2D eigenvalue weighted by molar-refractivity contribution is 5.72. The van der Waals surface area contributed by atoms with E-state index in [4.69, 9.17) is 10.2 Å². The average Bonchev–Trinajstić information content (AvgIpc) is 2.26. The minimum atomic E-state index is -0.872. The van der Waals surface area contributed by atoms with E-state index in [1.165, 1.54) is 19.3 Å². The quantitative estimate of drug-likeness (QED) is 0.732. The molecule has 1 aliphatic rings. The number of carboxylic acid groups (broad SMARTS) is 2. The van der Waals surface area contributed by atoms with Crippen LogP contribution in [0.2, 0.25) is 0 Å². The summed E-state index contributed by atoms with van der Waals surface area (Å²) in [5.41, 5.74) is -0.500. The maximum atomic E-state index is 10.9. The predicted octanol–water partition coefficient (Wildman–Crippen LogP) is 3.30. The summed E-state index contributed by atoms with van der Waals surface area (Å²) in [6.07, 6.45) is 7.08. The molecule has 1 rings (SSSR count). The molecule has 0 heterocycles. The van der Waals surface area contributed by atoms with E-state index < -0.39 is 17.4 Å². The molecule has 4 nitrogen and oxygen atoms in total. The molecule has 1 aliphatic carbocycles. The summed E-state index contributed by atoms with van der Waals surface area (Å²) in [6, 6.07) is 0. The van der Waals surface area contributed by atoms with E-state index in [1.807, 2.05) is 0 Å². The van der Waals surface area contributed by atoms with E-state index in [1.54, 1.807) is 0 Å². The summed E-state index contributed by atoms with van der Waals surface area (Å²) in [5, 5.41) is 17.9. The molecule has 1 fully saturated rings. The van der Waals surface area contributed by atoms with Crippen molar-refractivity contribution in [2.75, 3.05) is 0 Å². The monoisotopic (exact) mass is 256 g/mol. The second-order valence-electron chi connectivity index (χ2n) is 5.73. The molecule has 0 aromatic heterocycles. The van der Waals surface area contributed by atoms with Gasteiger partial charge < -0.3 is 10.2 Å². The summed E-state index contributed by atoms with van der Waals surface area (Å²) >= 11 is 0.